The number of nitrogens with zero attached hydrogens (tertiary/aromatic N) is 3. The van der Waals surface area contributed by atoms with Crippen molar-refractivity contribution in [3.8, 4) is 0 Å². The van der Waals surface area contributed by atoms with Crippen molar-refractivity contribution in [2.24, 2.45) is 0 Å². The van der Waals surface area contributed by atoms with Crippen LogP contribution in [0.1, 0.15) is 24.2 Å². The molecule has 4 heteroatoms. The number of benzene rings is 2. The molecule has 1 fully saturated rings. The molecule has 3 aromatic rings. The molecule has 24 heavy (non-hydrogen) atoms. The van der Waals surface area contributed by atoms with Crippen molar-refractivity contribution in [2.45, 2.75) is 44.4 Å². The van der Waals surface area contributed by atoms with Crippen LogP contribution in [-0.2, 0) is 19.5 Å². The fourth-order valence-electron chi connectivity index (χ4n) is 4.42. The van der Waals surface area contributed by atoms with Gasteiger partial charge in [0.2, 0.25) is 0 Å². The first-order chi connectivity index (χ1) is 11.8. The highest BCUT2D eigenvalue weighted by Gasteiger charge is 2.37. The third-order valence-electron chi connectivity index (χ3n) is 5.58. The lowest BCUT2D eigenvalue weighted by atomic mass is 10.1. The second kappa shape index (κ2) is 5.61. The standard InChI is InChI=1S/C20H20ClN3/c21-15-6-9-19-18(10-15)22-20-11-16-7-8-17(13-24(19)20)23(16)12-14-4-2-1-3-5-14/h1-6,9-10,16-17H,7-8,11-13H2/t16-,17+/m0/s1. The van der Waals surface area contributed by atoms with E-state index in [2.05, 4.69) is 45.9 Å². The zero-order chi connectivity index (χ0) is 16.1. The van der Waals surface area contributed by atoms with Gasteiger partial charge in [-0.05, 0) is 36.6 Å². The number of aromatic nitrogens is 2. The predicted octanol–water partition coefficient (Wildman–Crippen LogP) is 4.28. The van der Waals surface area contributed by atoms with Crippen LogP contribution in [0.3, 0.4) is 0 Å². The zero-order valence-corrected chi connectivity index (χ0v) is 14.3. The number of imidazole rings is 1. The molecule has 0 radical (unpaired) electrons. The Morgan fingerprint density at radius 1 is 1.04 bits per heavy atom. The summed E-state index contributed by atoms with van der Waals surface area (Å²) >= 11 is 6.14. The molecule has 3 nitrogen and oxygen atoms in total. The van der Waals surface area contributed by atoms with Gasteiger partial charge in [0, 0.05) is 36.6 Å². The summed E-state index contributed by atoms with van der Waals surface area (Å²) in [5.74, 6) is 1.22. The van der Waals surface area contributed by atoms with Gasteiger partial charge in [-0.3, -0.25) is 4.90 Å². The average molecular weight is 338 g/mol. The summed E-state index contributed by atoms with van der Waals surface area (Å²) in [6.07, 6.45) is 3.60. The molecular formula is C20H20ClN3. The Balaban J connectivity index is 1.50. The minimum atomic E-state index is 0.601. The number of hydrogen-bond acceptors (Lipinski definition) is 2. The smallest absolute Gasteiger partial charge is 0.111 e. The van der Waals surface area contributed by atoms with Crippen molar-refractivity contribution in [3.63, 3.8) is 0 Å². The topological polar surface area (TPSA) is 21.1 Å². The van der Waals surface area contributed by atoms with Crippen LogP contribution < -0.4 is 0 Å². The lowest BCUT2D eigenvalue weighted by Gasteiger charge is -2.27. The van der Waals surface area contributed by atoms with E-state index in [-0.39, 0.29) is 0 Å². The Morgan fingerprint density at radius 3 is 2.75 bits per heavy atom. The highest BCUT2D eigenvalue weighted by Crippen LogP contribution is 2.34. The summed E-state index contributed by atoms with van der Waals surface area (Å²) in [7, 11) is 0. The number of fused-ring (bicyclic) bond motifs is 5. The molecule has 3 heterocycles. The molecule has 2 aromatic carbocycles. The predicted molar refractivity (Wildman–Crippen MR) is 97.2 cm³/mol. The molecule has 2 atom stereocenters. The van der Waals surface area contributed by atoms with E-state index in [0.717, 1.165) is 30.0 Å². The molecule has 0 amide bonds. The maximum absolute atomic E-state index is 6.14. The van der Waals surface area contributed by atoms with Crippen molar-refractivity contribution >= 4 is 22.6 Å². The van der Waals surface area contributed by atoms with E-state index in [0.29, 0.717) is 12.1 Å². The van der Waals surface area contributed by atoms with Crippen LogP contribution in [0.5, 0.6) is 0 Å². The van der Waals surface area contributed by atoms with Crippen LogP contribution in [0.2, 0.25) is 5.02 Å². The molecule has 0 aliphatic carbocycles. The molecule has 0 spiro atoms. The van der Waals surface area contributed by atoms with Crippen LogP contribution in [0, 0.1) is 0 Å². The summed E-state index contributed by atoms with van der Waals surface area (Å²) in [6, 6.07) is 18.1. The van der Waals surface area contributed by atoms with Gasteiger partial charge in [-0.2, -0.15) is 0 Å². The normalized spacial score (nSPS) is 23.4. The summed E-state index contributed by atoms with van der Waals surface area (Å²) in [5, 5.41) is 0.768. The first-order valence-corrected chi connectivity index (χ1v) is 9.10. The second-order valence-electron chi connectivity index (χ2n) is 7.02. The third-order valence-corrected chi connectivity index (χ3v) is 5.82. The fraction of sp³-hybridized carbons (Fsp3) is 0.350. The molecule has 122 valence electrons. The summed E-state index contributed by atoms with van der Waals surface area (Å²) in [5.41, 5.74) is 3.67. The molecule has 5 rings (SSSR count). The van der Waals surface area contributed by atoms with E-state index in [4.69, 9.17) is 16.6 Å². The third kappa shape index (κ3) is 2.35. The van der Waals surface area contributed by atoms with Crippen LogP contribution in [0.25, 0.3) is 11.0 Å². The van der Waals surface area contributed by atoms with Crippen LogP contribution in [0.15, 0.2) is 48.5 Å². The second-order valence-corrected chi connectivity index (χ2v) is 7.46. The molecule has 2 bridgehead atoms. The minimum absolute atomic E-state index is 0.601. The van der Waals surface area contributed by atoms with Crippen molar-refractivity contribution < 1.29 is 0 Å². The molecule has 2 aliphatic heterocycles. The van der Waals surface area contributed by atoms with Crippen LogP contribution in [-0.4, -0.2) is 26.5 Å². The maximum atomic E-state index is 6.14. The average Bonchev–Trinajstić information content (AvgIpc) is 3.05. The minimum Gasteiger partial charge on any atom is -0.326 e. The van der Waals surface area contributed by atoms with Gasteiger partial charge in [-0.25, -0.2) is 4.98 Å². The Morgan fingerprint density at radius 2 is 1.88 bits per heavy atom. The summed E-state index contributed by atoms with van der Waals surface area (Å²) in [4.78, 5) is 7.59. The van der Waals surface area contributed by atoms with E-state index >= 15 is 0 Å². The van der Waals surface area contributed by atoms with Crippen LogP contribution >= 0.6 is 11.6 Å². The lowest BCUT2D eigenvalue weighted by Crippen LogP contribution is -2.36. The van der Waals surface area contributed by atoms with Crippen molar-refractivity contribution in [1.29, 1.82) is 0 Å². The molecule has 0 unspecified atom stereocenters. The van der Waals surface area contributed by atoms with Gasteiger partial charge in [0.1, 0.15) is 5.82 Å². The van der Waals surface area contributed by atoms with E-state index in [1.807, 2.05) is 12.1 Å². The Labute approximate surface area is 146 Å². The van der Waals surface area contributed by atoms with Gasteiger partial charge >= 0.3 is 0 Å². The van der Waals surface area contributed by atoms with Crippen molar-refractivity contribution in [1.82, 2.24) is 14.5 Å². The molecular weight excluding hydrogens is 318 g/mol. The quantitative estimate of drug-likeness (QED) is 0.696. The van der Waals surface area contributed by atoms with Gasteiger partial charge in [-0.1, -0.05) is 41.9 Å². The first kappa shape index (κ1) is 14.5. The Bertz CT molecular complexity index is 887. The van der Waals surface area contributed by atoms with Crippen LogP contribution in [0.4, 0.5) is 0 Å². The molecule has 1 saturated heterocycles. The van der Waals surface area contributed by atoms with E-state index in [1.54, 1.807) is 0 Å². The highest BCUT2D eigenvalue weighted by molar-refractivity contribution is 6.31. The van der Waals surface area contributed by atoms with Crippen molar-refractivity contribution in [2.75, 3.05) is 0 Å². The SMILES string of the molecule is Clc1ccc2c(c1)nc1n2C[C@H]2CC[C@@H](C1)N2Cc1ccccc1. The van der Waals surface area contributed by atoms with Crippen molar-refractivity contribution in [3.05, 3.63) is 64.9 Å². The molecule has 0 N–H and O–H groups in total. The Kier molecular flexibility index (Phi) is 3.39. The molecule has 0 saturated carbocycles. The van der Waals surface area contributed by atoms with E-state index in [9.17, 15) is 0 Å². The van der Waals surface area contributed by atoms with Gasteiger partial charge in [0.25, 0.3) is 0 Å². The fourth-order valence-corrected chi connectivity index (χ4v) is 4.58. The number of hydrogen-bond donors (Lipinski definition) is 0. The molecule has 1 aromatic heterocycles. The van der Waals surface area contributed by atoms with E-state index < -0.39 is 0 Å². The largest absolute Gasteiger partial charge is 0.326 e. The van der Waals surface area contributed by atoms with Gasteiger partial charge in [-0.15, -0.1) is 0 Å². The lowest BCUT2D eigenvalue weighted by molar-refractivity contribution is 0.181. The zero-order valence-electron chi connectivity index (χ0n) is 13.5. The summed E-state index contributed by atoms with van der Waals surface area (Å²) in [6.45, 7) is 2.08. The highest BCUT2D eigenvalue weighted by atomic mass is 35.5. The number of halogens is 1. The Hall–Kier alpha value is -1.84. The van der Waals surface area contributed by atoms with Gasteiger partial charge in [0.05, 0.1) is 11.0 Å². The monoisotopic (exact) mass is 337 g/mol. The van der Waals surface area contributed by atoms with Gasteiger partial charge in [0.15, 0.2) is 0 Å². The van der Waals surface area contributed by atoms with Gasteiger partial charge < -0.3 is 4.57 Å². The molecule has 2 aliphatic rings. The first-order valence-electron chi connectivity index (χ1n) is 8.72. The summed E-state index contributed by atoms with van der Waals surface area (Å²) < 4.78 is 2.42. The maximum Gasteiger partial charge on any atom is 0.111 e. The van der Waals surface area contributed by atoms with E-state index in [1.165, 1.54) is 29.7 Å². The number of rotatable bonds is 2.